The monoisotopic (exact) mass is 503 g/mol. The molecule has 3 fully saturated rings. The van der Waals surface area contributed by atoms with E-state index in [4.69, 9.17) is 18.9 Å². The fourth-order valence-electron chi connectivity index (χ4n) is 4.64. The van der Waals surface area contributed by atoms with Crippen LogP contribution in [0.5, 0.6) is 23.3 Å². The number of halogens is 1. The minimum Gasteiger partial charge on any atom is -0.487 e. The van der Waals surface area contributed by atoms with E-state index in [2.05, 4.69) is 14.9 Å². The quantitative estimate of drug-likeness (QED) is 0.348. The van der Waals surface area contributed by atoms with E-state index in [-0.39, 0.29) is 40.2 Å². The summed E-state index contributed by atoms with van der Waals surface area (Å²) in [5, 5.41) is 0. The number of thioether (sulfide) groups is 1. The molecule has 188 valence electrons. The van der Waals surface area contributed by atoms with Gasteiger partial charge in [-0.15, -0.1) is 11.8 Å². The van der Waals surface area contributed by atoms with Crippen LogP contribution in [0.1, 0.15) is 32.6 Å². The first-order chi connectivity index (χ1) is 16.8. The van der Waals surface area contributed by atoms with Gasteiger partial charge in [-0.3, -0.25) is 9.69 Å². The second-order valence-corrected chi connectivity index (χ2v) is 10.8. The molecule has 2 saturated carbocycles. The molecule has 2 aliphatic carbocycles. The molecule has 1 aromatic heterocycles. The highest BCUT2D eigenvalue weighted by molar-refractivity contribution is 7.98. The molecule has 2 aromatic rings. The Balaban J connectivity index is 1.18. The zero-order valence-corrected chi connectivity index (χ0v) is 21.0. The van der Waals surface area contributed by atoms with Crippen LogP contribution in [0.3, 0.4) is 0 Å². The number of hydrogen-bond donors (Lipinski definition) is 0. The van der Waals surface area contributed by atoms with Gasteiger partial charge >= 0.3 is 5.97 Å². The molecule has 0 radical (unpaired) electrons. The predicted octanol–water partition coefficient (Wildman–Crippen LogP) is 4.33. The molecule has 1 saturated heterocycles. The summed E-state index contributed by atoms with van der Waals surface area (Å²) in [5.74, 6) is 0.483. The fourth-order valence-corrected chi connectivity index (χ4v) is 5.07. The predicted molar refractivity (Wildman–Crippen MR) is 128 cm³/mol. The Morgan fingerprint density at radius 2 is 2.06 bits per heavy atom. The molecule has 2 unspecified atom stereocenters. The Labute approximate surface area is 208 Å². The zero-order chi connectivity index (χ0) is 24.6. The molecule has 0 bridgehead atoms. The molecule has 0 spiro atoms. The molecule has 5 rings (SSSR count). The van der Waals surface area contributed by atoms with Crippen molar-refractivity contribution in [3.8, 4) is 23.3 Å². The van der Waals surface area contributed by atoms with Crippen LogP contribution >= 0.6 is 11.8 Å². The topological polar surface area (TPSA) is 83.0 Å². The van der Waals surface area contributed by atoms with Crippen molar-refractivity contribution in [3.63, 3.8) is 0 Å². The number of esters is 1. The minimum absolute atomic E-state index is 0.0492. The number of nitrogens with zero attached hydrogens (tertiary/aromatic N) is 3. The Kier molecular flexibility index (Phi) is 6.52. The van der Waals surface area contributed by atoms with E-state index in [1.807, 2.05) is 13.2 Å². The summed E-state index contributed by atoms with van der Waals surface area (Å²) in [6, 6.07) is 4.75. The normalized spacial score (nSPS) is 24.3. The van der Waals surface area contributed by atoms with Crippen LogP contribution in [0, 0.1) is 17.2 Å². The van der Waals surface area contributed by atoms with Crippen LogP contribution in [0.2, 0.25) is 0 Å². The van der Waals surface area contributed by atoms with E-state index < -0.39 is 5.82 Å². The average Bonchev–Trinajstić information content (AvgIpc) is 3.75. The largest absolute Gasteiger partial charge is 0.487 e. The molecular formula is C25H30FN3O5S. The van der Waals surface area contributed by atoms with Crippen LogP contribution in [0.4, 0.5) is 4.39 Å². The van der Waals surface area contributed by atoms with E-state index in [0.29, 0.717) is 19.1 Å². The van der Waals surface area contributed by atoms with E-state index in [1.54, 1.807) is 12.1 Å². The zero-order valence-electron chi connectivity index (χ0n) is 20.2. The van der Waals surface area contributed by atoms with Gasteiger partial charge in [-0.25, -0.2) is 4.39 Å². The SMILES string of the molecule is COc1c(OCC23CCN(CC(=O)OC4(C)CC4)CC2C3)ncnc1Oc1ccc(SC)cc1F. The number of ether oxygens (including phenoxy) is 4. The van der Waals surface area contributed by atoms with Gasteiger partial charge in [0.05, 0.1) is 20.3 Å². The number of aromatic nitrogens is 2. The molecule has 1 aromatic carbocycles. The van der Waals surface area contributed by atoms with Gasteiger partial charge in [0.1, 0.15) is 11.9 Å². The van der Waals surface area contributed by atoms with E-state index in [1.165, 1.54) is 31.3 Å². The van der Waals surface area contributed by atoms with Gasteiger partial charge < -0.3 is 18.9 Å². The first kappa shape index (κ1) is 24.1. The summed E-state index contributed by atoms with van der Waals surface area (Å²) in [4.78, 5) is 23.5. The maximum Gasteiger partial charge on any atom is 0.320 e. The highest BCUT2D eigenvalue weighted by Gasteiger charge is 2.57. The van der Waals surface area contributed by atoms with Crippen molar-refractivity contribution < 1.29 is 28.1 Å². The lowest BCUT2D eigenvalue weighted by Gasteiger charge is -2.31. The van der Waals surface area contributed by atoms with Crippen LogP contribution in [-0.4, -0.2) is 66.0 Å². The highest BCUT2D eigenvalue weighted by atomic mass is 32.2. The Morgan fingerprint density at radius 1 is 1.26 bits per heavy atom. The minimum atomic E-state index is -0.485. The van der Waals surface area contributed by atoms with Crippen molar-refractivity contribution in [1.82, 2.24) is 14.9 Å². The van der Waals surface area contributed by atoms with Crippen molar-refractivity contribution in [1.29, 1.82) is 0 Å². The lowest BCUT2D eigenvalue weighted by molar-refractivity contribution is -0.151. The van der Waals surface area contributed by atoms with Gasteiger partial charge in [-0.1, -0.05) is 0 Å². The molecule has 2 heterocycles. The average molecular weight is 504 g/mol. The third kappa shape index (κ3) is 5.33. The third-order valence-electron chi connectivity index (χ3n) is 7.22. The smallest absolute Gasteiger partial charge is 0.320 e. The number of hydrogen-bond acceptors (Lipinski definition) is 9. The van der Waals surface area contributed by atoms with E-state index in [9.17, 15) is 9.18 Å². The highest BCUT2D eigenvalue weighted by Crippen LogP contribution is 2.58. The lowest BCUT2D eigenvalue weighted by atomic mass is 9.96. The standard InChI is InChI=1S/C25H30FN3O5S/c1-24(6-7-24)34-20(30)13-29-9-8-25(11-16(25)12-29)14-32-22-21(31-2)23(28-15-27-22)33-19-5-4-17(35-3)10-18(19)26/h4-5,10,15-16H,6-9,11-14H2,1-3H3. The number of carbonyl (C=O) groups is 1. The molecular weight excluding hydrogens is 473 g/mol. The number of piperidine rings is 1. The number of carbonyl (C=O) groups excluding carboxylic acids is 1. The summed E-state index contributed by atoms with van der Waals surface area (Å²) in [6.45, 7) is 4.50. The first-order valence-electron chi connectivity index (χ1n) is 11.8. The summed E-state index contributed by atoms with van der Waals surface area (Å²) < 4.78 is 37.2. The number of rotatable bonds is 10. The Hall–Kier alpha value is -2.59. The van der Waals surface area contributed by atoms with Gasteiger partial charge in [0.25, 0.3) is 11.8 Å². The molecule has 2 atom stereocenters. The first-order valence-corrected chi connectivity index (χ1v) is 13.0. The molecule has 8 nitrogen and oxygen atoms in total. The second-order valence-electron chi connectivity index (χ2n) is 9.88. The van der Waals surface area contributed by atoms with Gasteiger partial charge in [-0.05, 0) is 69.5 Å². The fraction of sp³-hybridized carbons (Fsp3) is 0.560. The Morgan fingerprint density at radius 3 is 2.74 bits per heavy atom. The number of methoxy groups -OCH3 is 1. The second kappa shape index (κ2) is 9.46. The van der Waals surface area contributed by atoms with Crippen molar-refractivity contribution in [3.05, 3.63) is 30.3 Å². The van der Waals surface area contributed by atoms with Gasteiger partial charge in [-0.2, -0.15) is 9.97 Å². The molecule has 10 heteroatoms. The number of likely N-dealkylation sites (tertiary alicyclic amines) is 1. The van der Waals surface area contributed by atoms with Crippen molar-refractivity contribution in [2.24, 2.45) is 11.3 Å². The van der Waals surface area contributed by atoms with Crippen LogP contribution in [0.25, 0.3) is 0 Å². The van der Waals surface area contributed by atoms with Crippen LogP contribution in [-0.2, 0) is 9.53 Å². The molecule has 0 N–H and O–H groups in total. The molecule has 0 amide bonds. The molecule has 1 aliphatic heterocycles. The van der Waals surface area contributed by atoms with Crippen molar-refractivity contribution in [2.75, 3.05) is 39.6 Å². The lowest BCUT2D eigenvalue weighted by Crippen LogP contribution is -2.40. The van der Waals surface area contributed by atoms with Gasteiger partial charge in [0.15, 0.2) is 11.6 Å². The summed E-state index contributed by atoms with van der Waals surface area (Å²) in [7, 11) is 1.48. The van der Waals surface area contributed by atoms with Crippen LogP contribution < -0.4 is 14.2 Å². The van der Waals surface area contributed by atoms with E-state index >= 15 is 0 Å². The van der Waals surface area contributed by atoms with Gasteiger partial charge in [0, 0.05) is 16.9 Å². The molecule has 35 heavy (non-hydrogen) atoms. The summed E-state index contributed by atoms with van der Waals surface area (Å²) in [5.41, 5.74) is -0.160. The number of fused-ring (bicyclic) bond motifs is 1. The van der Waals surface area contributed by atoms with Crippen LogP contribution in [0.15, 0.2) is 29.4 Å². The maximum absolute atomic E-state index is 14.4. The van der Waals surface area contributed by atoms with Crippen molar-refractivity contribution in [2.45, 2.75) is 43.1 Å². The Bertz CT molecular complexity index is 1110. The summed E-state index contributed by atoms with van der Waals surface area (Å²) in [6.07, 6.45) is 7.09. The van der Waals surface area contributed by atoms with Gasteiger partial charge in [0.2, 0.25) is 5.75 Å². The molecule has 3 aliphatic rings. The maximum atomic E-state index is 14.4. The third-order valence-corrected chi connectivity index (χ3v) is 7.94. The van der Waals surface area contributed by atoms with Crippen molar-refractivity contribution >= 4 is 17.7 Å². The van der Waals surface area contributed by atoms with E-state index in [0.717, 1.165) is 43.7 Å². The summed E-state index contributed by atoms with van der Waals surface area (Å²) >= 11 is 1.45. The number of benzene rings is 1.